The Morgan fingerprint density at radius 1 is 1.55 bits per heavy atom. The molecule has 59 valence electrons. The van der Waals surface area contributed by atoms with E-state index < -0.39 is 6.43 Å². The summed E-state index contributed by atoms with van der Waals surface area (Å²) < 4.78 is 28.7. The van der Waals surface area contributed by atoms with Gasteiger partial charge in [0.2, 0.25) is 0 Å². The van der Waals surface area contributed by atoms with Crippen LogP contribution in [0.2, 0.25) is 0 Å². The molecule has 0 unspecified atom stereocenters. The zero-order valence-corrected chi connectivity index (χ0v) is 5.97. The number of benzene rings is 1. The second kappa shape index (κ2) is 3.32. The van der Waals surface area contributed by atoms with Gasteiger partial charge >= 0.3 is 0 Å². The molecule has 0 atom stereocenters. The highest BCUT2D eigenvalue weighted by molar-refractivity contribution is 5.27. The van der Waals surface area contributed by atoms with E-state index in [-0.39, 0.29) is 5.56 Å². The number of halogens is 2. The highest BCUT2D eigenvalue weighted by atomic mass is 19.3. The Morgan fingerprint density at radius 3 is 2.82 bits per heavy atom. The van der Waals surface area contributed by atoms with Crippen LogP contribution in [0, 0.1) is 6.07 Å². The summed E-state index contributed by atoms with van der Waals surface area (Å²) in [4.78, 5) is 0. The lowest BCUT2D eigenvalue weighted by molar-refractivity contribution is 0.151. The lowest BCUT2D eigenvalue weighted by Crippen LogP contribution is -1.87. The Bertz CT molecular complexity index is 235. The molecule has 1 nitrogen and oxygen atoms in total. The van der Waals surface area contributed by atoms with Gasteiger partial charge in [0.15, 0.2) is 0 Å². The lowest BCUT2D eigenvalue weighted by atomic mass is 10.2. The van der Waals surface area contributed by atoms with Crippen LogP contribution < -0.4 is 4.74 Å². The quantitative estimate of drug-likeness (QED) is 0.640. The van der Waals surface area contributed by atoms with Crippen LogP contribution in [-0.4, -0.2) is 7.11 Å². The van der Waals surface area contributed by atoms with Crippen molar-refractivity contribution in [2.75, 3.05) is 7.11 Å². The third-order valence-corrected chi connectivity index (χ3v) is 1.27. The molecular formula is C8H7F2O. The SMILES string of the molecule is COc1[c]ccc(C(F)F)c1. The maximum Gasteiger partial charge on any atom is 0.263 e. The summed E-state index contributed by atoms with van der Waals surface area (Å²) >= 11 is 0. The van der Waals surface area contributed by atoms with Gasteiger partial charge in [-0.15, -0.1) is 0 Å². The number of rotatable bonds is 2. The number of methoxy groups -OCH3 is 1. The molecule has 0 aliphatic rings. The minimum absolute atomic E-state index is 0.0411. The molecule has 1 aromatic rings. The molecule has 1 rings (SSSR count). The lowest BCUT2D eigenvalue weighted by Gasteiger charge is -2.01. The van der Waals surface area contributed by atoms with Gasteiger partial charge < -0.3 is 4.74 Å². The largest absolute Gasteiger partial charge is 0.496 e. The Hall–Kier alpha value is -1.12. The Labute approximate surface area is 63.6 Å². The van der Waals surface area contributed by atoms with E-state index in [1.165, 1.54) is 25.3 Å². The molecule has 0 aliphatic carbocycles. The Balaban J connectivity index is 2.91. The van der Waals surface area contributed by atoms with Gasteiger partial charge in [-0.05, 0) is 6.07 Å². The molecule has 3 heteroatoms. The topological polar surface area (TPSA) is 9.23 Å². The molecule has 0 N–H and O–H groups in total. The van der Waals surface area contributed by atoms with E-state index in [1.54, 1.807) is 0 Å². The van der Waals surface area contributed by atoms with E-state index in [0.29, 0.717) is 5.75 Å². The molecule has 0 aliphatic heterocycles. The second-order valence-corrected chi connectivity index (χ2v) is 1.99. The Morgan fingerprint density at radius 2 is 2.27 bits per heavy atom. The monoisotopic (exact) mass is 157 g/mol. The van der Waals surface area contributed by atoms with Gasteiger partial charge in [0.25, 0.3) is 6.43 Å². The number of hydrogen-bond acceptors (Lipinski definition) is 1. The van der Waals surface area contributed by atoms with Crippen molar-refractivity contribution < 1.29 is 13.5 Å². The van der Waals surface area contributed by atoms with Gasteiger partial charge in [-0.25, -0.2) is 8.78 Å². The van der Waals surface area contributed by atoms with Crippen molar-refractivity contribution in [3.05, 3.63) is 29.8 Å². The summed E-state index contributed by atoms with van der Waals surface area (Å²) in [6, 6.07) is 6.66. The number of ether oxygens (including phenoxy) is 1. The predicted octanol–water partition coefficient (Wildman–Crippen LogP) is 2.43. The first-order chi connectivity index (χ1) is 5.24. The smallest absolute Gasteiger partial charge is 0.263 e. The van der Waals surface area contributed by atoms with E-state index in [1.807, 2.05) is 0 Å². The molecule has 0 heterocycles. The standard InChI is InChI=1S/C8H7F2O/c1-11-7-4-2-3-6(5-7)8(9)10/h2-3,5,8H,1H3. The normalized spacial score (nSPS) is 10.2. The van der Waals surface area contributed by atoms with Crippen LogP contribution in [0.3, 0.4) is 0 Å². The predicted molar refractivity (Wildman–Crippen MR) is 36.8 cm³/mol. The van der Waals surface area contributed by atoms with Gasteiger partial charge in [0.05, 0.1) is 7.11 Å². The van der Waals surface area contributed by atoms with Gasteiger partial charge in [0, 0.05) is 11.6 Å². The molecular weight excluding hydrogens is 150 g/mol. The van der Waals surface area contributed by atoms with E-state index in [4.69, 9.17) is 4.74 Å². The van der Waals surface area contributed by atoms with Gasteiger partial charge in [-0.2, -0.15) is 0 Å². The van der Waals surface area contributed by atoms with Crippen molar-refractivity contribution >= 4 is 0 Å². The summed E-state index contributed by atoms with van der Waals surface area (Å²) in [7, 11) is 1.42. The number of hydrogen-bond donors (Lipinski definition) is 0. The fraction of sp³-hybridized carbons (Fsp3) is 0.250. The van der Waals surface area contributed by atoms with Crippen LogP contribution in [0.5, 0.6) is 5.75 Å². The molecule has 0 saturated carbocycles. The fourth-order valence-electron chi connectivity index (χ4n) is 0.715. The molecule has 0 bridgehead atoms. The van der Waals surface area contributed by atoms with Gasteiger partial charge in [-0.1, -0.05) is 12.1 Å². The molecule has 0 aromatic heterocycles. The van der Waals surface area contributed by atoms with Crippen molar-refractivity contribution in [3.8, 4) is 5.75 Å². The third-order valence-electron chi connectivity index (χ3n) is 1.27. The zero-order chi connectivity index (χ0) is 8.27. The van der Waals surface area contributed by atoms with Crippen molar-refractivity contribution in [3.63, 3.8) is 0 Å². The average Bonchev–Trinajstić information content (AvgIpc) is 2.05. The molecule has 0 amide bonds. The average molecular weight is 157 g/mol. The van der Waals surface area contributed by atoms with Gasteiger partial charge in [-0.3, -0.25) is 0 Å². The maximum atomic E-state index is 12.0. The van der Waals surface area contributed by atoms with E-state index in [0.717, 1.165) is 0 Å². The molecule has 1 aromatic carbocycles. The van der Waals surface area contributed by atoms with Crippen LogP contribution in [-0.2, 0) is 0 Å². The minimum Gasteiger partial charge on any atom is -0.496 e. The second-order valence-electron chi connectivity index (χ2n) is 1.99. The molecule has 0 spiro atoms. The molecule has 0 saturated heterocycles. The first kappa shape index (κ1) is 7.98. The highest BCUT2D eigenvalue weighted by Crippen LogP contribution is 2.21. The third kappa shape index (κ3) is 1.90. The van der Waals surface area contributed by atoms with E-state index >= 15 is 0 Å². The first-order valence-electron chi connectivity index (χ1n) is 3.08. The fourth-order valence-corrected chi connectivity index (χ4v) is 0.715. The number of alkyl halides is 2. The summed E-state index contributed by atoms with van der Waals surface area (Å²) in [5, 5.41) is 0. The Kier molecular flexibility index (Phi) is 2.41. The van der Waals surface area contributed by atoms with Crippen LogP contribution in [0.15, 0.2) is 18.2 Å². The first-order valence-corrected chi connectivity index (χ1v) is 3.08. The van der Waals surface area contributed by atoms with E-state index in [9.17, 15) is 8.78 Å². The summed E-state index contributed by atoms with van der Waals surface area (Å²) in [6.07, 6.45) is -2.45. The van der Waals surface area contributed by atoms with Crippen molar-refractivity contribution in [1.82, 2.24) is 0 Å². The van der Waals surface area contributed by atoms with Crippen molar-refractivity contribution in [2.24, 2.45) is 0 Å². The van der Waals surface area contributed by atoms with Crippen LogP contribution >= 0.6 is 0 Å². The van der Waals surface area contributed by atoms with Crippen molar-refractivity contribution in [2.45, 2.75) is 6.43 Å². The minimum atomic E-state index is -2.45. The summed E-state index contributed by atoms with van der Waals surface area (Å²) in [6.45, 7) is 0. The highest BCUT2D eigenvalue weighted by Gasteiger charge is 2.06. The zero-order valence-electron chi connectivity index (χ0n) is 5.97. The van der Waals surface area contributed by atoms with E-state index in [2.05, 4.69) is 6.07 Å². The summed E-state index contributed by atoms with van der Waals surface area (Å²) in [5.41, 5.74) is -0.0411. The summed E-state index contributed by atoms with van der Waals surface area (Å²) in [5.74, 6) is 0.336. The maximum absolute atomic E-state index is 12.0. The van der Waals surface area contributed by atoms with Crippen LogP contribution in [0.4, 0.5) is 8.78 Å². The molecule has 0 fully saturated rings. The van der Waals surface area contributed by atoms with Crippen LogP contribution in [0.1, 0.15) is 12.0 Å². The molecule has 1 radical (unpaired) electrons. The van der Waals surface area contributed by atoms with Crippen molar-refractivity contribution in [1.29, 1.82) is 0 Å². The van der Waals surface area contributed by atoms with Gasteiger partial charge in [0.1, 0.15) is 5.75 Å². The van der Waals surface area contributed by atoms with Crippen LogP contribution in [0.25, 0.3) is 0 Å². The molecule has 11 heavy (non-hydrogen) atoms.